The number of aromatic nitrogens is 2. The molecule has 17 nitrogen and oxygen atoms in total. The Balaban J connectivity index is 2.03. The minimum absolute atomic E-state index is 0.355. The molecule has 0 saturated carbocycles. The fourth-order valence-electron chi connectivity index (χ4n) is 2.59. The molecule has 19 heteroatoms. The van der Waals surface area contributed by atoms with Gasteiger partial charge in [0, 0.05) is 0 Å². The van der Waals surface area contributed by atoms with Gasteiger partial charge in [-0.1, -0.05) is 9.35 Å². The minimum Gasteiger partial charge on any atom is -0.394 e. The molecule has 0 aromatic carbocycles. The predicted octanol–water partition coefficient (Wildman–Crippen LogP) is -2.63. The number of ether oxygens (including phenoxy) is 1. The average molecular weight is 547 g/mol. The van der Waals surface area contributed by atoms with Gasteiger partial charge in [-0.05, 0) is 15.9 Å². The van der Waals surface area contributed by atoms with Crippen molar-refractivity contribution in [3.8, 4) is 5.88 Å². The van der Waals surface area contributed by atoms with E-state index in [1.807, 2.05) is 0 Å². The number of halogens is 1. The van der Waals surface area contributed by atoms with Crippen molar-refractivity contribution in [1.82, 2.24) is 9.55 Å². The molecule has 7 N–H and O–H groups in total. The fraction of sp³-hybridized carbons (Fsp3) is 0.538. The van der Waals surface area contributed by atoms with Crippen molar-refractivity contribution < 1.29 is 57.9 Å². The Morgan fingerprint density at radius 3 is 2.50 bits per heavy atom. The third-order valence-electron chi connectivity index (χ3n) is 4.15. The molecule has 0 amide bonds. The average Bonchev–Trinajstić information content (AvgIpc) is 3.04. The molecule has 2 aliphatic heterocycles. The zero-order chi connectivity index (χ0) is 23.8. The number of carbonyl (C=O) groups is 2. The first-order chi connectivity index (χ1) is 15.0. The standard InChI is InChI=1S/C13H16BrN4O13P/c14-6-9(16)17-13(24)18(11-8(22)7(21)4(2-19)26-11)10(6)29-32(25)30-27-5(20)1-3(15)12(23)28-31-32/h3-4,7-8,11,19,21-22H,1-2,15H2,(H2,16,17,24)/t3?,4-,7-,8-,11?,32?/m1/s1. The largest absolute Gasteiger partial charge is 0.605 e. The maximum Gasteiger partial charge on any atom is 0.605 e. The normalized spacial score (nSPS) is 33.6. The lowest BCUT2D eigenvalue weighted by Crippen LogP contribution is -2.37. The van der Waals surface area contributed by atoms with Gasteiger partial charge in [0.15, 0.2) is 6.23 Å². The molecule has 1 aromatic heterocycles. The molecule has 32 heavy (non-hydrogen) atoms. The third kappa shape index (κ3) is 4.77. The maximum absolute atomic E-state index is 12.9. The van der Waals surface area contributed by atoms with Crippen molar-refractivity contribution >= 4 is 41.5 Å². The number of nitrogens with zero attached hydrogens (tertiary/aromatic N) is 2. The number of aliphatic hydroxyl groups is 3. The van der Waals surface area contributed by atoms with E-state index < -0.39 is 80.8 Å². The van der Waals surface area contributed by atoms with E-state index in [0.29, 0.717) is 4.57 Å². The number of hydrogen-bond donors (Lipinski definition) is 5. The van der Waals surface area contributed by atoms with Crippen molar-refractivity contribution in [2.45, 2.75) is 37.0 Å². The van der Waals surface area contributed by atoms with Gasteiger partial charge in [-0.25, -0.2) is 23.5 Å². The van der Waals surface area contributed by atoms with Crippen LogP contribution in [0.2, 0.25) is 0 Å². The molecule has 0 bridgehead atoms. The molecule has 0 aliphatic carbocycles. The van der Waals surface area contributed by atoms with Crippen LogP contribution in [0.5, 0.6) is 5.88 Å². The van der Waals surface area contributed by atoms with Crippen LogP contribution in [0, 0.1) is 0 Å². The molecule has 2 saturated heterocycles. The van der Waals surface area contributed by atoms with E-state index in [0.717, 1.165) is 0 Å². The molecule has 3 heterocycles. The second kappa shape index (κ2) is 9.38. The molecule has 6 atom stereocenters. The number of rotatable bonds is 4. The Morgan fingerprint density at radius 1 is 1.22 bits per heavy atom. The van der Waals surface area contributed by atoms with Crippen molar-refractivity contribution in [2.24, 2.45) is 5.73 Å². The molecule has 1 aromatic rings. The van der Waals surface area contributed by atoms with Crippen LogP contribution in [-0.2, 0) is 38.0 Å². The molecule has 2 aliphatic rings. The summed E-state index contributed by atoms with van der Waals surface area (Å²) >= 11 is 2.93. The molecule has 0 radical (unpaired) electrons. The zero-order valence-electron chi connectivity index (χ0n) is 15.6. The first-order valence-electron chi connectivity index (χ1n) is 8.51. The van der Waals surface area contributed by atoms with Gasteiger partial charge in [-0.3, -0.25) is 9.78 Å². The van der Waals surface area contributed by atoms with E-state index in [2.05, 4.69) is 40.0 Å². The highest BCUT2D eigenvalue weighted by Crippen LogP contribution is 2.52. The summed E-state index contributed by atoms with van der Waals surface area (Å²) in [5, 5.41) is 29.5. The monoisotopic (exact) mass is 546 g/mol. The molecule has 2 fully saturated rings. The van der Waals surface area contributed by atoms with E-state index in [1.165, 1.54) is 0 Å². The first-order valence-corrected chi connectivity index (χ1v) is 10.8. The van der Waals surface area contributed by atoms with E-state index >= 15 is 0 Å². The summed E-state index contributed by atoms with van der Waals surface area (Å²) in [6.07, 6.45) is -7.22. The molecule has 178 valence electrons. The molecular weight excluding hydrogens is 531 g/mol. The number of phosphoric acid groups is 1. The van der Waals surface area contributed by atoms with Crippen molar-refractivity contribution in [1.29, 1.82) is 0 Å². The highest BCUT2D eigenvalue weighted by atomic mass is 79.9. The van der Waals surface area contributed by atoms with E-state index in [1.54, 1.807) is 0 Å². The lowest BCUT2D eigenvalue weighted by molar-refractivity contribution is -0.253. The number of nitrogens with two attached hydrogens (primary N) is 2. The second-order valence-corrected chi connectivity index (χ2v) is 8.52. The van der Waals surface area contributed by atoms with E-state index in [4.69, 9.17) is 20.7 Å². The summed E-state index contributed by atoms with van der Waals surface area (Å²) < 4.78 is 31.9. The van der Waals surface area contributed by atoms with Crippen molar-refractivity contribution in [3.05, 3.63) is 15.0 Å². The van der Waals surface area contributed by atoms with Crippen LogP contribution in [0.4, 0.5) is 5.82 Å². The number of anilines is 1. The summed E-state index contributed by atoms with van der Waals surface area (Å²) in [7, 11) is -5.19. The summed E-state index contributed by atoms with van der Waals surface area (Å²) in [5.41, 5.74) is 9.73. The fourth-order valence-corrected chi connectivity index (χ4v) is 3.89. The zero-order valence-corrected chi connectivity index (χ0v) is 18.1. The highest BCUT2D eigenvalue weighted by Gasteiger charge is 2.47. The Hall–Kier alpha value is -2.15. The van der Waals surface area contributed by atoms with Gasteiger partial charge in [-0.15, -0.1) is 0 Å². The topological polar surface area (TPSA) is 254 Å². The maximum atomic E-state index is 12.9. The lowest BCUT2D eigenvalue weighted by Gasteiger charge is -2.23. The van der Waals surface area contributed by atoms with Crippen molar-refractivity contribution in [2.75, 3.05) is 12.3 Å². The SMILES string of the molecule is Nc1nc(=O)n(C2O[C@H](CO)[C@@H](O)[C@H]2O)c(OP2(=O)OOC(=O)CC(N)C(=O)OO2)c1Br. The van der Waals surface area contributed by atoms with E-state index in [9.17, 15) is 34.3 Å². The molecular formula is C13H16BrN4O13P. The van der Waals surface area contributed by atoms with Gasteiger partial charge in [0.05, 0.1) is 13.0 Å². The van der Waals surface area contributed by atoms with Crippen LogP contribution in [-0.4, -0.2) is 67.8 Å². The highest BCUT2D eigenvalue weighted by molar-refractivity contribution is 9.10. The van der Waals surface area contributed by atoms with Crippen LogP contribution in [0.1, 0.15) is 12.6 Å². The van der Waals surface area contributed by atoms with Crippen LogP contribution in [0.15, 0.2) is 9.27 Å². The van der Waals surface area contributed by atoms with E-state index in [-0.39, 0.29) is 4.47 Å². The van der Waals surface area contributed by atoms with Crippen LogP contribution >= 0.6 is 23.8 Å². The summed E-state index contributed by atoms with van der Waals surface area (Å²) in [5.74, 6) is -3.89. The van der Waals surface area contributed by atoms with Crippen LogP contribution in [0.3, 0.4) is 0 Å². The van der Waals surface area contributed by atoms with Gasteiger partial charge in [-0.2, -0.15) is 4.98 Å². The van der Waals surface area contributed by atoms with Crippen LogP contribution < -0.4 is 21.7 Å². The van der Waals surface area contributed by atoms with Crippen molar-refractivity contribution in [3.63, 3.8) is 0 Å². The Labute approximate surface area is 185 Å². The summed E-state index contributed by atoms with van der Waals surface area (Å²) in [4.78, 5) is 47.7. The van der Waals surface area contributed by atoms with Gasteiger partial charge >= 0.3 is 25.5 Å². The number of hydrogen-bond acceptors (Lipinski definition) is 16. The molecule has 3 unspecified atom stereocenters. The second-order valence-electron chi connectivity index (χ2n) is 6.35. The number of aliphatic hydroxyl groups excluding tert-OH is 3. The Kier molecular flexibility index (Phi) is 7.18. The minimum atomic E-state index is -5.19. The number of carbonyl (C=O) groups excluding carboxylic acids is 2. The lowest BCUT2D eigenvalue weighted by atomic mass is 10.1. The summed E-state index contributed by atoms with van der Waals surface area (Å²) in [6.45, 7) is -0.736. The molecule has 0 spiro atoms. The van der Waals surface area contributed by atoms with Gasteiger partial charge in [0.25, 0.3) is 0 Å². The van der Waals surface area contributed by atoms with Gasteiger partial charge in [0.1, 0.15) is 34.6 Å². The molecule has 3 rings (SSSR count). The quantitative estimate of drug-likeness (QED) is 0.191. The first kappa shape index (κ1) is 24.5. The smallest absolute Gasteiger partial charge is 0.394 e. The Bertz CT molecular complexity index is 1020. The third-order valence-corrected chi connectivity index (χ3v) is 5.80. The number of nitrogen functional groups attached to an aromatic ring is 1. The summed E-state index contributed by atoms with van der Waals surface area (Å²) in [6, 6.07) is -1.54. The predicted molar refractivity (Wildman–Crippen MR) is 98.8 cm³/mol. The van der Waals surface area contributed by atoms with Gasteiger partial charge < -0.3 is 36.0 Å². The Morgan fingerprint density at radius 2 is 1.88 bits per heavy atom. The van der Waals surface area contributed by atoms with Crippen LogP contribution in [0.25, 0.3) is 0 Å². The van der Waals surface area contributed by atoms with Gasteiger partial charge in [0.2, 0.25) is 5.88 Å².